The van der Waals surface area contributed by atoms with Crippen LogP contribution < -0.4 is 10.5 Å². The lowest BCUT2D eigenvalue weighted by Gasteiger charge is -2.11. The summed E-state index contributed by atoms with van der Waals surface area (Å²) in [6.07, 6.45) is 0.915. The van der Waals surface area contributed by atoms with Gasteiger partial charge in [-0.1, -0.05) is 46.6 Å². The monoisotopic (exact) mass is 339 g/mol. The molecule has 19 heavy (non-hydrogen) atoms. The lowest BCUT2D eigenvalue weighted by Crippen LogP contribution is -2.07. The fourth-order valence-electron chi connectivity index (χ4n) is 1.70. The quantitative estimate of drug-likeness (QED) is 0.819. The van der Waals surface area contributed by atoms with E-state index in [2.05, 4.69) is 22.9 Å². The van der Waals surface area contributed by atoms with E-state index in [0.717, 1.165) is 22.2 Å². The first-order chi connectivity index (χ1) is 9.10. The number of nitrogens with two attached hydrogens (primary N) is 1. The third kappa shape index (κ3) is 3.72. The molecule has 2 rings (SSSR count). The Balaban J connectivity index is 2.15. The van der Waals surface area contributed by atoms with Gasteiger partial charge in [0.2, 0.25) is 0 Å². The normalized spacial score (nSPS) is 12.2. The van der Waals surface area contributed by atoms with Gasteiger partial charge in [0.15, 0.2) is 0 Å². The summed E-state index contributed by atoms with van der Waals surface area (Å²) in [5, 5.41) is 0.573. The second kappa shape index (κ2) is 6.42. The van der Waals surface area contributed by atoms with Crippen molar-refractivity contribution in [1.29, 1.82) is 0 Å². The first-order valence-electron chi connectivity index (χ1n) is 6.08. The number of hydrogen-bond acceptors (Lipinski definition) is 2. The van der Waals surface area contributed by atoms with E-state index in [1.165, 1.54) is 0 Å². The van der Waals surface area contributed by atoms with Crippen LogP contribution in [0.5, 0.6) is 11.5 Å². The van der Waals surface area contributed by atoms with E-state index in [1.807, 2.05) is 36.4 Å². The molecule has 0 saturated carbocycles. The van der Waals surface area contributed by atoms with Gasteiger partial charge in [0, 0.05) is 10.5 Å². The van der Waals surface area contributed by atoms with Crippen molar-refractivity contribution in [2.45, 2.75) is 19.4 Å². The van der Waals surface area contributed by atoms with Gasteiger partial charge < -0.3 is 10.5 Å². The highest BCUT2D eigenvalue weighted by molar-refractivity contribution is 9.10. The fourth-order valence-corrected chi connectivity index (χ4v) is 2.42. The minimum absolute atomic E-state index is 0.0744. The minimum Gasteiger partial charge on any atom is -0.456 e. The molecule has 0 aliphatic carbocycles. The topological polar surface area (TPSA) is 35.2 Å². The summed E-state index contributed by atoms with van der Waals surface area (Å²) >= 11 is 9.47. The van der Waals surface area contributed by atoms with E-state index < -0.39 is 0 Å². The maximum absolute atomic E-state index is 6.11. The molecule has 0 saturated heterocycles. The van der Waals surface area contributed by atoms with Crippen LogP contribution in [0.25, 0.3) is 0 Å². The van der Waals surface area contributed by atoms with Crippen LogP contribution >= 0.6 is 27.5 Å². The Kier molecular flexibility index (Phi) is 4.86. The number of ether oxygens (including phenoxy) is 1. The van der Waals surface area contributed by atoms with Gasteiger partial charge in [-0.15, -0.1) is 0 Å². The summed E-state index contributed by atoms with van der Waals surface area (Å²) in [5.41, 5.74) is 7.08. The smallest absolute Gasteiger partial charge is 0.146 e. The molecule has 1 unspecified atom stereocenters. The molecular weight excluding hydrogens is 326 g/mol. The first kappa shape index (κ1) is 14.4. The minimum atomic E-state index is 0.0744. The summed E-state index contributed by atoms with van der Waals surface area (Å²) in [5.74, 6) is 1.38. The standard InChI is InChI=1S/C15H15BrClNO/c1-2-14(18)10-3-6-12(7-4-10)19-15-8-5-11(16)9-13(15)17/h3-9,14H,2,18H2,1H3. The Labute approximate surface area is 126 Å². The highest BCUT2D eigenvalue weighted by atomic mass is 79.9. The molecule has 1 atom stereocenters. The maximum Gasteiger partial charge on any atom is 0.146 e. The van der Waals surface area contributed by atoms with Gasteiger partial charge in [0.25, 0.3) is 0 Å². The van der Waals surface area contributed by atoms with Crippen LogP contribution in [0, 0.1) is 0 Å². The average molecular weight is 341 g/mol. The van der Waals surface area contributed by atoms with Gasteiger partial charge in [-0.3, -0.25) is 0 Å². The van der Waals surface area contributed by atoms with Crippen molar-refractivity contribution in [2.75, 3.05) is 0 Å². The summed E-state index contributed by atoms with van der Waals surface area (Å²) in [6.45, 7) is 2.07. The van der Waals surface area contributed by atoms with Crippen molar-refractivity contribution in [2.24, 2.45) is 5.73 Å². The molecule has 0 aromatic heterocycles. The molecular formula is C15H15BrClNO. The molecule has 0 aliphatic heterocycles. The van der Waals surface area contributed by atoms with E-state index >= 15 is 0 Å². The number of rotatable bonds is 4. The Morgan fingerprint density at radius 2 is 1.89 bits per heavy atom. The summed E-state index contributed by atoms with van der Waals surface area (Å²) < 4.78 is 6.66. The lowest BCUT2D eigenvalue weighted by atomic mass is 10.1. The molecule has 2 aromatic rings. The largest absolute Gasteiger partial charge is 0.456 e. The van der Waals surface area contributed by atoms with E-state index in [4.69, 9.17) is 22.1 Å². The second-order valence-corrected chi connectivity index (χ2v) is 5.58. The van der Waals surface area contributed by atoms with Crippen LogP contribution in [-0.2, 0) is 0 Å². The van der Waals surface area contributed by atoms with Crippen LogP contribution in [0.15, 0.2) is 46.9 Å². The van der Waals surface area contributed by atoms with Crippen molar-refractivity contribution in [3.8, 4) is 11.5 Å². The third-order valence-electron chi connectivity index (χ3n) is 2.87. The zero-order chi connectivity index (χ0) is 13.8. The molecule has 0 heterocycles. The zero-order valence-electron chi connectivity index (χ0n) is 10.6. The summed E-state index contributed by atoms with van der Waals surface area (Å²) in [6, 6.07) is 13.4. The third-order valence-corrected chi connectivity index (χ3v) is 3.66. The molecule has 2 aromatic carbocycles. The van der Waals surface area contributed by atoms with E-state index in [0.29, 0.717) is 10.8 Å². The predicted octanol–water partition coefficient (Wildman–Crippen LogP) is 5.30. The lowest BCUT2D eigenvalue weighted by molar-refractivity contribution is 0.482. The Bertz CT molecular complexity index is 557. The average Bonchev–Trinajstić information content (AvgIpc) is 2.42. The van der Waals surface area contributed by atoms with Crippen molar-refractivity contribution >= 4 is 27.5 Å². The van der Waals surface area contributed by atoms with Crippen molar-refractivity contribution in [1.82, 2.24) is 0 Å². The van der Waals surface area contributed by atoms with Crippen LogP contribution in [0.3, 0.4) is 0 Å². The van der Waals surface area contributed by atoms with Crippen LogP contribution in [-0.4, -0.2) is 0 Å². The molecule has 0 amide bonds. The summed E-state index contributed by atoms with van der Waals surface area (Å²) in [4.78, 5) is 0. The Hall–Kier alpha value is -1.03. The van der Waals surface area contributed by atoms with Crippen molar-refractivity contribution in [3.63, 3.8) is 0 Å². The van der Waals surface area contributed by atoms with Crippen LogP contribution in [0.2, 0.25) is 5.02 Å². The maximum atomic E-state index is 6.11. The highest BCUT2D eigenvalue weighted by Crippen LogP contribution is 2.32. The second-order valence-electron chi connectivity index (χ2n) is 4.26. The number of halogens is 2. The van der Waals surface area contributed by atoms with E-state index in [-0.39, 0.29) is 6.04 Å². The van der Waals surface area contributed by atoms with E-state index in [9.17, 15) is 0 Å². The van der Waals surface area contributed by atoms with E-state index in [1.54, 1.807) is 6.07 Å². The molecule has 100 valence electrons. The molecule has 0 radical (unpaired) electrons. The molecule has 0 aliphatic rings. The molecule has 2 nitrogen and oxygen atoms in total. The van der Waals surface area contributed by atoms with Crippen LogP contribution in [0.1, 0.15) is 24.9 Å². The van der Waals surface area contributed by atoms with Gasteiger partial charge in [-0.25, -0.2) is 0 Å². The molecule has 2 N–H and O–H groups in total. The van der Waals surface area contributed by atoms with Gasteiger partial charge in [0.05, 0.1) is 5.02 Å². The first-order valence-corrected chi connectivity index (χ1v) is 7.25. The van der Waals surface area contributed by atoms with Crippen LogP contribution in [0.4, 0.5) is 0 Å². The Morgan fingerprint density at radius 1 is 1.21 bits per heavy atom. The van der Waals surface area contributed by atoms with Crippen molar-refractivity contribution in [3.05, 3.63) is 57.5 Å². The molecule has 0 fully saturated rings. The molecule has 0 bridgehead atoms. The predicted molar refractivity (Wildman–Crippen MR) is 82.9 cm³/mol. The van der Waals surface area contributed by atoms with Gasteiger partial charge in [0.1, 0.15) is 11.5 Å². The molecule has 4 heteroatoms. The van der Waals surface area contributed by atoms with Gasteiger partial charge in [-0.2, -0.15) is 0 Å². The highest BCUT2D eigenvalue weighted by Gasteiger charge is 2.06. The molecule has 0 spiro atoms. The van der Waals surface area contributed by atoms with Gasteiger partial charge >= 0.3 is 0 Å². The SMILES string of the molecule is CCC(N)c1ccc(Oc2ccc(Br)cc2Cl)cc1. The Morgan fingerprint density at radius 3 is 2.47 bits per heavy atom. The number of benzene rings is 2. The zero-order valence-corrected chi connectivity index (χ0v) is 12.9. The van der Waals surface area contributed by atoms with Gasteiger partial charge in [-0.05, 0) is 42.3 Å². The summed E-state index contributed by atoms with van der Waals surface area (Å²) in [7, 11) is 0. The number of hydrogen-bond donors (Lipinski definition) is 1. The fraction of sp³-hybridized carbons (Fsp3) is 0.200. The van der Waals surface area contributed by atoms with Crippen molar-refractivity contribution < 1.29 is 4.74 Å².